The quantitative estimate of drug-likeness (QED) is 0.914. The Hall–Kier alpha value is -1.30. The van der Waals surface area contributed by atoms with Crippen LogP contribution in [0.1, 0.15) is 25.7 Å². The molecule has 3 rings (SSSR count). The summed E-state index contributed by atoms with van der Waals surface area (Å²) in [5, 5.41) is 3.42. The first-order valence-corrected chi connectivity index (χ1v) is 8.31. The molecule has 2 saturated heterocycles. The fourth-order valence-electron chi connectivity index (χ4n) is 3.37. The smallest absolute Gasteiger partial charge is 0.227 e. The molecular formula is C17H22ClNO4. The SMILES string of the molecule is COc1ccc(Cl)cc1NC(=O)CC1CC2(CCOCC2)CO1. The molecule has 0 saturated carbocycles. The minimum absolute atomic E-state index is 0.0294. The van der Waals surface area contributed by atoms with Gasteiger partial charge in [-0.05, 0) is 37.5 Å². The molecule has 2 fully saturated rings. The van der Waals surface area contributed by atoms with Gasteiger partial charge in [0.2, 0.25) is 5.91 Å². The number of carbonyl (C=O) groups is 1. The summed E-state index contributed by atoms with van der Waals surface area (Å²) >= 11 is 5.98. The highest BCUT2D eigenvalue weighted by Gasteiger charge is 2.41. The number of amides is 1. The maximum atomic E-state index is 12.3. The van der Waals surface area contributed by atoms with Gasteiger partial charge in [0.1, 0.15) is 5.75 Å². The van der Waals surface area contributed by atoms with Gasteiger partial charge in [0.25, 0.3) is 0 Å². The lowest BCUT2D eigenvalue weighted by Crippen LogP contribution is -2.30. The average Bonchev–Trinajstić information content (AvgIpc) is 2.90. The maximum Gasteiger partial charge on any atom is 0.227 e. The van der Waals surface area contributed by atoms with Crippen LogP contribution in [0.3, 0.4) is 0 Å². The number of benzene rings is 1. The molecule has 1 atom stereocenters. The van der Waals surface area contributed by atoms with Crippen LogP contribution in [0.25, 0.3) is 0 Å². The first-order chi connectivity index (χ1) is 11.1. The first kappa shape index (κ1) is 16.6. The molecule has 0 aromatic heterocycles. The Balaban J connectivity index is 1.57. The summed E-state index contributed by atoms with van der Waals surface area (Å²) in [6.07, 6.45) is 3.29. The second-order valence-electron chi connectivity index (χ2n) is 6.35. The minimum Gasteiger partial charge on any atom is -0.495 e. The Kier molecular flexibility index (Phi) is 5.09. The van der Waals surface area contributed by atoms with E-state index in [1.165, 1.54) is 0 Å². The molecule has 6 heteroatoms. The van der Waals surface area contributed by atoms with Gasteiger partial charge in [0.05, 0.1) is 31.9 Å². The lowest BCUT2D eigenvalue weighted by atomic mass is 9.78. The summed E-state index contributed by atoms with van der Waals surface area (Å²) < 4.78 is 16.5. The molecule has 2 heterocycles. The number of methoxy groups -OCH3 is 1. The van der Waals surface area contributed by atoms with Crippen molar-refractivity contribution < 1.29 is 19.0 Å². The molecule has 0 aliphatic carbocycles. The molecule has 1 aromatic carbocycles. The van der Waals surface area contributed by atoms with Crippen molar-refractivity contribution >= 4 is 23.2 Å². The summed E-state index contributed by atoms with van der Waals surface area (Å²) in [5.41, 5.74) is 0.792. The van der Waals surface area contributed by atoms with E-state index in [-0.39, 0.29) is 17.4 Å². The number of carbonyl (C=O) groups excluding carboxylic acids is 1. The van der Waals surface area contributed by atoms with Gasteiger partial charge in [0.15, 0.2) is 0 Å². The van der Waals surface area contributed by atoms with Gasteiger partial charge >= 0.3 is 0 Å². The number of halogens is 1. The molecule has 1 aromatic rings. The Morgan fingerprint density at radius 1 is 1.43 bits per heavy atom. The highest BCUT2D eigenvalue weighted by atomic mass is 35.5. The largest absolute Gasteiger partial charge is 0.495 e. The average molecular weight is 340 g/mol. The summed E-state index contributed by atoms with van der Waals surface area (Å²) in [5.74, 6) is 0.510. The lowest BCUT2D eigenvalue weighted by molar-refractivity contribution is -0.118. The van der Waals surface area contributed by atoms with Gasteiger partial charge < -0.3 is 19.5 Å². The van der Waals surface area contributed by atoms with Gasteiger partial charge in [-0.2, -0.15) is 0 Å². The van der Waals surface area contributed by atoms with Crippen LogP contribution in [0.2, 0.25) is 5.02 Å². The van der Waals surface area contributed by atoms with Crippen LogP contribution < -0.4 is 10.1 Å². The molecule has 1 amide bonds. The Bertz CT molecular complexity index is 572. The minimum atomic E-state index is -0.0836. The molecule has 1 unspecified atom stereocenters. The van der Waals surface area contributed by atoms with E-state index in [9.17, 15) is 4.79 Å². The number of rotatable bonds is 4. The molecule has 1 spiro atoms. The van der Waals surface area contributed by atoms with E-state index in [0.717, 1.165) is 39.1 Å². The molecule has 0 bridgehead atoms. The fraction of sp³-hybridized carbons (Fsp3) is 0.588. The van der Waals surface area contributed by atoms with E-state index < -0.39 is 0 Å². The Morgan fingerprint density at radius 2 is 2.22 bits per heavy atom. The van der Waals surface area contributed by atoms with Crippen LogP contribution in [-0.2, 0) is 14.3 Å². The predicted octanol–water partition coefficient (Wildman–Crippen LogP) is 3.26. The second-order valence-corrected chi connectivity index (χ2v) is 6.78. The zero-order valence-corrected chi connectivity index (χ0v) is 14.0. The first-order valence-electron chi connectivity index (χ1n) is 7.93. The van der Waals surface area contributed by atoms with Crippen LogP contribution in [-0.4, -0.2) is 38.9 Å². The van der Waals surface area contributed by atoms with Gasteiger partial charge in [-0.3, -0.25) is 4.79 Å². The topological polar surface area (TPSA) is 56.8 Å². The van der Waals surface area contributed by atoms with E-state index in [1.54, 1.807) is 25.3 Å². The third-order valence-electron chi connectivity index (χ3n) is 4.69. The zero-order valence-electron chi connectivity index (χ0n) is 13.3. The van der Waals surface area contributed by atoms with Crippen molar-refractivity contribution in [2.45, 2.75) is 31.8 Å². The lowest BCUT2D eigenvalue weighted by Gasteiger charge is -2.31. The molecule has 5 nitrogen and oxygen atoms in total. The van der Waals surface area contributed by atoms with Crippen molar-refractivity contribution in [1.29, 1.82) is 0 Å². The van der Waals surface area contributed by atoms with Gasteiger partial charge in [-0.25, -0.2) is 0 Å². The second kappa shape index (κ2) is 7.07. The maximum absolute atomic E-state index is 12.3. The number of anilines is 1. The summed E-state index contributed by atoms with van der Waals surface area (Å²) in [6, 6.07) is 5.15. The van der Waals surface area contributed by atoms with E-state index >= 15 is 0 Å². The summed E-state index contributed by atoms with van der Waals surface area (Å²) in [7, 11) is 1.56. The number of ether oxygens (including phenoxy) is 3. The van der Waals surface area contributed by atoms with Gasteiger partial charge in [0, 0.05) is 23.7 Å². The fourth-order valence-corrected chi connectivity index (χ4v) is 3.54. The van der Waals surface area contributed by atoms with E-state index in [4.69, 9.17) is 25.8 Å². The number of nitrogens with one attached hydrogen (secondary N) is 1. The monoisotopic (exact) mass is 339 g/mol. The highest BCUT2D eigenvalue weighted by molar-refractivity contribution is 6.31. The van der Waals surface area contributed by atoms with Gasteiger partial charge in [-0.15, -0.1) is 0 Å². The number of hydrogen-bond donors (Lipinski definition) is 1. The molecule has 0 radical (unpaired) electrons. The van der Waals surface area contributed by atoms with E-state index in [1.807, 2.05) is 0 Å². The van der Waals surface area contributed by atoms with Crippen molar-refractivity contribution in [3.8, 4) is 5.75 Å². The summed E-state index contributed by atoms with van der Waals surface area (Å²) in [4.78, 5) is 12.3. The van der Waals surface area contributed by atoms with Gasteiger partial charge in [-0.1, -0.05) is 11.6 Å². The Labute approximate surface area is 141 Å². The normalized spacial score (nSPS) is 23.0. The standard InChI is InChI=1S/C17H22ClNO4/c1-21-15-3-2-12(18)8-14(15)19-16(20)9-13-10-17(11-23-13)4-6-22-7-5-17/h2-3,8,13H,4-7,9-11H2,1H3,(H,19,20). The van der Waals surface area contributed by atoms with Crippen LogP contribution in [0.4, 0.5) is 5.69 Å². The van der Waals surface area contributed by atoms with Crippen molar-refractivity contribution in [3.05, 3.63) is 23.2 Å². The van der Waals surface area contributed by atoms with Crippen LogP contribution in [0, 0.1) is 5.41 Å². The Morgan fingerprint density at radius 3 is 2.96 bits per heavy atom. The van der Waals surface area contributed by atoms with Crippen LogP contribution >= 0.6 is 11.6 Å². The third kappa shape index (κ3) is 3.97. The molecule has 126 valence electrons. The van der Waals surface area contributed by atoms with Crippen molar-refractivity contribution in [1.82, 2.24) is 0 Å². The van der Waals surface area contributed by atoms with Crippen LogP contribution in [0.5, 0.6) is 5.75 Å². The van der Waals surface area contributed by atoms with Crippen molar-refractivity contribution in [2.24, 2.45) is 5.41 Å². The predicted molar refractivity (Wildman–Crippen MR) is 88.1 cm³/mol. The summed E-state index contributed by atoms with van der Waals surface area (Å²) in [6.45, 7) is 2.32. The molecule has 2 aliphatic heterocycles. The van der Waals surface area contributed by atoms with E-state index in [0.29, 0.717) is 22.9 Å². The third-order valence-corrected chi connectivity index (χ3v) is 4.92. The molecular weight excluding hydrogens is 318 g/mol. The zero-order chi connectivity index (χ0) is 16.3. The van der Waals surface area contributed by atoms with E-state index in [2.05, 4.69) is 5.32 Å². The molecule has 2 aliphatic rings. The van der Waals surface area contributed by atoms with Crippen LogP contribution in [0.15, 0.2) is 18.2 Å². The molecule has 1 N–H and O–H groups in total. The van der Waals surface area contributed by atoms with Crippen molar-refractivity contribution in [3.63, 3.8) is 0 Å². The van der Waals surface area contributed by atoms with Crippen molar-refractivity contribution in [2.75, 3.05) is 32.2 Å². The molecule has 23 heavy (non-hydrogen) atoms. The highest BCUT2D eigenvalue weighted by Crippen LogP contribution is 2.42. The number of hydrogen-bond acceptors (Lipinski definition) is 4.